The molecule has 2 saturated heterocycles. The number of nitrogens with one attached hydrogen (secondary N) is 3. The van der Waals surface area contributed by atoms with Crippen molar-refractivity contribution < 1.29 is 19.1 Å². The first-order valence-corrected chi connectivity index (χ1v) is 14.2. The van der Waals surface area contributed by atoms with Crippen molar-refractivity contribution >= 4 is 45.8 Å². The molecule has 6 rings (SSSR count). The summed E-state index contributed by atoms with van der Waals surface area (Å²) >= 11 is 0. The van der Waals surface area contributed by atoms with Crippen LogP contribution in [0.1, 0.15) is 24.2 Å². The molecule has 0 saturated carbocycles. The summed E-state index contributed by atoms with van der Waals surface area (Å²) in [5, 5.41) is 7.10. The standard InChI is InChI=1S/C32H35N7O4/c1-6-28(40)35-24-11-25(27(42-5)12-26(24)39-17-32(18-39)15-38(4)16-32)36-31-34-14-22(30(41)43-19(2)3)29(37-31)21-13-33-23-10-8-7-9-20(21)23/h6-14,19,33H,1,15-18H2,2-5H3,(H,35,40)(H,34,36,37). The maximum atomic E-state index is 13.1. The number of nitrogens with zero attached hydrogens (tertiary/aromatic N) is 4. The van der Waals surface area contributed by atoms with E-state index in [0.717, 1.165) is 48.3 Å². The number of ether oxygens (including phenoxy) is 2. The highest BCUT2D eigenvalue weighted by atomic mass is 16.5. The molecule has 0 radical (unpaired) electrons. The van der Waals surface area contributed by atoms with Gasteiger partial charge in [0.05, 0.1) is 36.0 Å². The van der Waals surface area contributed by atoms with Crippen molar-refractivity contribution in [2.75, 3.05) is 55.9 Å². The minimum atomic E-state index is -0.511. The third-order valence-corrected chi connectivity index (χ3v) is 7.81. The molecule has 0 aliphatic carbocycles. The molecule has 3 N–H and O–H groups in total. The average molecular weight is 582 g/mol. The zero-order valence-corrected chi connectivity index (χ0v) is 24.7. The Morgan fingerprint density at radius 2 is 1.91 bits per heavy atom. The summed E-state index contributed by atoms with van der Waals surface area (Å²) in [5.41, 5.74) is 4.65. The van der Waals surface area contributed by atoms with Crippen LogP contribution in [0, 0.1) is 5.41 Å². The molecule has 43 heavy (non-hydrogen) atoms. The van der Waals surface area contributed by atoms with Crippen molar-refractivity contribution in [1.29, 1.82) is 0 Å². The van der Waals surface area contributed by atoms with Crippen molar-refractivity contribution in [2.45, 2.75) is 20.0 Å². The van der Waals surface area contributed by atoms with Crippen molar-refractivity contribution in [3.05, 3.63) is 67.0 Å². The van der Waals surface area contributed by atoms with Gasteiger partial charge < -0.3 is 34.9 Å². The van der Waals surface area contributed by atoms with Gasteiger partial charge in [0.1, 0.15) is 11.3 Å². The number of aromatic amines is 1. The molecule has 2 aromatic carbocycles. The minimum absolute atomic E-state index is 0.244. The number of H-pyrrole nitrogens is 1. The number of benzene rings is 2. The quantitative estimate of drug-likeness (QED) is 0.189. The van der Waals surface area contributed by atoms with Gasteiger partial charge in [0.25, 0.3) is 0 Å². The number of fused-ring (bicyclic) bond motifs is 1. The van der Waals surface area contributed by atoms with E-state index in [4.69, 9.17) is 14.5 Å². The molecule has 2 aliphatic rings. The highest BCUT2D eigenvalue weighted by molar-refractivity contribution is 6.03. The summed E-state index contributed by atoms with van der Waals surface area (Å²) in [6, 6.07) is 11.5. The van der Waals surface area contributed by atoms with Gasteiger partial charge >= 0.3 is 5.97 Å². The first kappa shape index (κ1) is 28.2. The molecule has 222 valence electrons. The Balaban J connectivity index is 1.38. The summed E-state index contributed by atoms with van der Waals surface area (Å²) in [5.74, 6) is -0.0299. The van der Waals surface area contributed by atoms with Gasteiger partial charge in [0, 0.05) is 66.5 Å². The van der Waals surface area contributed by atoms with Crippen LogP contribution in [0.4, 0.5) is 23.0 Å². The smallest absolute Gasteiger partial charge is 0.342 e. The Bertz CT molecular complexity index is 1720. The van der Waals surface area contributed by atoms with Crippen molar-refractivity contribution in [3.8, 4) is 17.0 Å². The molecule has 11 heteroatoms. The number of hydrogen-bond donors (Lipinski definition) is 3. The number of methoxy groups -OCH3 is 1. The normalized spacial score (nSPS) is 15.6. The Kier molecular flexibility index (Phi) is 7.26. The first-order chi connectivity index (χ1) is 20.7. The Hall–Kier alpha value is -4.90. The Morgan fingerprint density at radius 1 is 1.14 bits per heavy atom. The second-order valence-corrected chi connectivity index (χ2v) is 11.6. The number of esters is 1. The second kappa shape index (κ2) is 11.1. The lowest BCUT2D eigenvalue weighted by atomic mass is 9.73. The zero-order chi connectivity index (χ0) is 30.3. The van der Waals surface area contributed by atoms with Gasteiger partial charge in [-0.3, -0.25) is 4.79 Å². The van der Waals surface area contributed by atoms with E-state index in [9.17, 15) is 9.59 Å². The van der Waals surface area contributed by atoms with E-state index in [0.29, 0.717) is 28.2 Å². The van der Waals surface area contributed by atoms with Crippen LogP contribution in [0.3, 0.4) is 0 Å². The summed E-state index contributed by atoms with van der Waals surface area (Å²) in [6.07, 6.45) is 4.22. The number of para-hydroxylation sites is 1. The van der Waals surface area contributed by atoms with Crippen LogP contribution in [0.15, 0.2) is 61.4 Å². The van der Waals surface area contributed by atoms with E-state index in [1.165, 1.54) is 12.3 Å². The van der Waals surface area contributed by atoms with Crippen molar-refractivity contribution in [1.82, 2.24) is 19.9 Å². The van der Waals surface area contributed by atoms with Crippen LogP contribution in [-0.2, 0) is 9.53 Å². The van der Waals surface area contributed by atoms with E-state index in [1.54, 1.807) is 21.0 Å². The van der Waals surface area contributed by atoms with Gasteiger partial charge in [-0.2, -0.15) is 0 Å². The topological polar surface area (TPSA) is 125 Å². The highest BCUT2D eigenvalue weighted by Gasteiger charge is 2.50. The number of carbonyl (C=O) groups is 2. The van der Waals surface area contributed by atoms with Gasteiger partial charge in [-0.1, -0.05) is 24.8 Å². The van der Waals surface area contributed by atoms with E-state index < -0.39 is 5.97 Å². The van der Waals surface area contributed by atoms with Gasteiger partial charge in [0.15, 0.2) is 0 Å². The maximum Gasteiger partial charge on any atom is 0.342 e. The van der Waals surface area contributed by atoms with Crippen molar-refractivity contribution in [3.63, 3.8) is 0 Å². The Morgan fingerprint density at radius 3 is 2.60 bits per heavy atom. The molecule has 0 unspecified atom stereocenters. The van der Waals surface area contributed by atoms with Crippen LogP contribution >= 0.6 is 0 Å². The summed E-state index contributed by atoms with van der Waals surface area (Å²) in [4.78, 5) is 42.5. The number of amides is 1. The van der Waals surface area contributed by atoms with Gasteiger partial charge in [-0.15, -0.1) is 0 Å². The fraction of sp³-hybridized carbons (Fsp3) is 0.312. The summed E-state index contributed by atoms with van der Waals surface area (Å²) in [7, 11) is 3.72. The number of anilines is 4. The molecule has 0 atom stereocenters. The van der Waals surface area contributed by atoms with Crippen LogP contribution < -0.4 is 20.3 Å². The number of aromatic nitrogens is 3. The van der Waals surface area contributed by atoms with Crippen LogP contribution in [0.2, 0.25) is 0 Å². The second-order valence-electron chi connectivity index (χ2n) is 11.6. The van der Waals surface area contributed by atoms with Crippen molar-refractivity contribution in [2.24, 2.45) is 5.41 Å². The molecule has 4 aromatic rings. The molecule has 2 fully saturated rings. The van der Waals surface area contributed by atoms with E-state index >= 15 is 0 Å². The molecule has 2 aromatic heterocycles. The lowest BCUT2D eigenvalue weighted by Gasteiger charge is -2.60. The lowest BCUT2D eigenvalue weighted by Crippen LogP contribution is -2.71. The molecule has 4 heterocycles. The molecule has 0 bridgehead atoms. The van der Waals surface area contributed by atoms with Crippen LogP contribution in [0.5, 0.6) is 5.75 Å². The van der Waals surface area contributed by atoms with Crippen LogP contribution in [-0.4, -0.2) is 78.2 Å². The third kappa shape index (κ3) is 5.39. The lowest BCUT2D eigenvalue weighted by molar-refractivity contribution is -0.111. The predicted octanol–water partition coefficient (Wildman–Crippen LogP) is 4.82. The van der Waals surface area contributed by atoms with E-state index in [2.05, 4.69) is 44.0 Å². The Labute approximate surface area is 249 Å². The maximum absolute atomic E-state index is 13.1. The molecule has 1 amide bonds. The molecule has 2 aliphatic heterocycles. The van der Waals surface area contributed by atoms with Gasteiger partial charge in [-0.25, -0.2) is 14.8 Å². The summed E-state index contributed by atoms with van der Waals surface area (Å²) < 4.78 is 11.3. The molecular weight excluding hydrogens is 546 g/mol. The fourth-order valence-electron chi connectivity index (χ4n) is 6.08. The monoisotopic (exact) mass is 581 g/mol. The molecule has 11 nitrogen and oxygen atoms in total. The first-order valence-electron chi connectivity index (χ1n) is 14.2. The SMILES string of the molecule is C=CC(=O)Nc1cc(Nc2ncc(C(=O)OC(C)C)c(-c3c[nH]c4ccccc34)n2)c(OC)cc1N1CC2(CN(C)C2)C1. The number of hydrogen-bond acceptors (Lipinski definition) is 9. The summed E-state index contributed by atoms with van der Waals surface area (Å²) in [6.45, 7) is 11.1. The number of carbonyl (C=O) groups excluding carboxylic acids is 2. The average Bonchev–Trinajstić information content (AvgIpc) is 3.38. The predicted molar refractivity (Wildman–Crippen MR) is 167 cm³/mol. The largest absolute Gasteiger partial charge is 0.494 e. The fourth-order valence-corrected chi connectivity index (χ4v) is 6.08. The van der Waals surface area contributed by atoms with E-state index in [-0.39, 0.29) is 23.5 Å². The van der Waals surface area contributed by atoms with E-state index in [1.807, 2.05) is 42.6 Å². The zero-order valence-electron chi connectivity index (χ0n) is 24.7. The highest BCUT2D eigenvalue weighted by Crippen LogP contribution is 2.46. The number of rotatable bonds is 9. The number of likely N-dealkylation sites (tertiary alicyclic amines) is 1. The van der Waals surface area contributed by atoms with Gasteiger partial charge in [-0.05, 0) is 39.1 Å². The van der Waals surface area contributed by atoms with Crippen LogP contribution in [0.25, 0.3) is 22.2 Å². The molecule has 1 spiro atoms. The molecular formula is C32H35N7O4. The minimum Gasteiger partial charge on any atom is -0.494 e. The third-order valence-electron chi connectivity index (χ3n) is 7.81. The van der Waals surface area contributed by atoms with Gasteiger partial charge in [0.2, 0.25) is 11.9 Å².